The van der Waals surface area contributed by atoms with Crippen LogP contribution < -0.4 is 20.6 Å². The summed E-state index contributed by atoms with van der Waals surface area (Å²) in [5.41, 5.74) is 12.0. The van der Waals surface area contributed by atoms with Gasteiger partial charge in [-0.1, -0.05) is 13.8 Å². The first-order valence-electron chi connectivity index (χ1n) is 10.1. The van der Waals surface area contributed by atoms with Crippen molar-refractivity contribution in [1.82, 2.24) is 10.3 Å². The lowest BCUT2D eigenvalue weighted by molar-refractivity contribution is -0.118. The number of carbonyl (C=O) groups is 2. The fourth-order valence-electron chi connectivity index (χ4n) is 4.94. The molecule has 0 aromatic heterocycles. The maximum atomic E-state index is 13.1. The largest absolute Gasteiger partial charge is 0.493 e. The third kappa shape index (κ3) is 4.08. The van der Waals surface area contributed by atoms with E-state index in [1.54, 1.807) is 14.2 Å². The Bertz CT molecular complexity index is 986. The van der Waals surface area contributed by atoms with E-state index in [1.165, 1.54) is 5.56 Å². The molecule has 9 heteroatoms. The average Bonchev–Trinajstić information content (AvgIpc) is 2.69. The summed E-state index contributed by atoms with van der Waals surface area (Å²) in [6.45, 7) is 5.04. The van der Waals surface area contributed by atoms with Crippen LogP contribution in [0.25, 0.3) is 0 Å². The van der Waals surface area contributed by atoms with E-state index >= 15 is 0 Å². The second-order valence-electron chi connectivity index (χ2n) is 8.87. The van der Waals surface area contributed by atoms with Gasteiger partial charge in [0.25, 0.3) is 0 Å². The Labute approximate surface area is 188 Å². The molecule has 8 nitrogen and oxygen atoms in total. The number of nitrogens with zero attached hydrogens (tertiary/aromatic N) is 2. The zero-order valence-electron chi connectivity index (χ0n) is 18.3. The number of hydrogen-bond acceptors (Lipinski definition) is 6. The molecule has 1 aromatic carbocycles. The molecule has 1 aliphatic carbocycles. The number of benzene rings is 1. The zero-order valence-corrected chi connectivity index (χ0v) is 19.1. The lowest BCUT2D eigenvalue weighted by atomic mass is 9.71. The van der Waals surface area contributed by atoms with E-state index in [4.69, 9.17) is 15.2 Å². The average molecular weight is 449 g/mol. The fourth-order valence-corrected chi connectivity index (χ4v) is 4.94. The summed E-state index contributed by atoms with van der Waals surface area (Å²) in [6, 6.07) is 3.31. The van der Waals surface area contributed by atoms with Crippen LogP contribution in [0.1, 0.15) is 50.3 Å². The molecule has 1 aromatic rings. The van der Waals surface area contributed by atoms with Gasteiger partial charge in [-0.3, -0.25) is 4.79 Å². The summed E-state index contributed by atoms with van der Waals surface area (Å²) in [5, 5.41) is 4.24. The van der Waals surface area contributed by atoms with Crippen LogP contribution in [0.4, 0.5) is 4.79 Å². The van der Waals surface area contributed by atoms with Gasteiger partial charge < -0.3 is 20.1 Å². The molecule has 31 heavy (non-hydrogen) atoms. The van der Waals surface area contributed by atoms with Gasteiger partial charge in [0, 0.05) is 25.1 Å². The highest BCUT2D eigenvalue weighted by Gasteiger charge is 2.44. The first-order chi connectivity index (χ1) is 14.2. The van der Waals surface area contributed by atoms with Crippen molar-refractivity contribution in [2.75, 3.05) is 20.8 Å². The number of hydrogen-bond donors (Lipinski definition) is 2. The number of carbonyl (C=O) groups excluding carboxylic acids is 2. The SMILES string of the molecule is COc1cc2c(cc1OC)C1CC(=NNC(N)=O)C3=C(CC(C)(C)CC3=O)N1CC2.Cl. The number of nitrogens with one attached hydrogen (secondary N) is 1. The Morgan fingerprint density at radius 3 is 2.55 bits per heavy atom. The van der Waals surface area contributed by atoms with E-state index in [-0.39, 0.29) is 29.6 Å². The zero-order chi connectivity index (χ0) is 21.6. The first-order valence-corrected chi connectivity index (χ1v) is 10.1. The molecule has 1 unspecified atom stereocenters. The third-order valence-electron chi connectivity index (χ3n) is 6.18. The molecule has 168 valence electrons. The molecular weight excluding hydrogens is 420 g/mol. The van der Waals surface area contributed by atoms with Gasteiger partial charge in [0.05, 0.1) is 31.5 Å². The molecule has 3 N–H and O–H groups in total. The Morgan fingerprint density at radius 1 is 1.23 bits per heavy atom. The van der Waals surface area contributed by atoms with Gasteiger partial charge in [0.1, 0.15) is 0 Å². The smallest absolute Gasteiger partial charge is 0.332 e. The molecule has 3 aliphatic rings. The molecule has 2 aliphatic heterocycles. The number of amides is 2. The Balaban J connectivity index is 0.00000272. The summed E-state index contributed by atoms with van der Waals surface area (Å²) in [7, 11) is 3.26. The van der Waals surface area contributed by atoms with Crippen molar-refractivity contribution in [3.63, 3.8) is 0 Å². The number of allylic oxidation sites excluding steroid dienone is 2. The van der Waals surface area contributed by atoms with Gasteiger partial charge in [0.2, 0.25) is 0 Å². The maximum Gasteiger partial charge on any atom is 0.332 e. The van der Waals surface area contributed by atoms with Gasteiger partial charge in [-0.25, -0.2) is 10.2 Å². The summed E-state index contributed by atoms with van der Waals surface area (Å²) in [4.78, 5) is 26.7. The minimum atomic E-state index is -0.744. The molecule has 0 saturated carbocycles. The third-order valence-corrected chi connectivity index (χ3v) is 6.18. The van der Waals surface area contributed by atoms with Crippen LogP contribution in [0.5, 0.6) is 11.5 Å². The monoisotopic (exact) mass is 448 g/mol. The van der Waals surface area contributed by atoms with Crippen molar-refractivity contribution in [3.05, 3.63) is 34.5 Å². The number of fused-ring (bicyclic) bond motifs is 4. The number of ether oxygens (including phenoxy) is 2. The number of ketones is 1. The quantitative estimate of drug-likeness (QED) is 0.691. The van der Waals surface area contributed by atoms with Crippen LogP contribution in [-0.2, 0) is 11.2 Å². The predicted octanol–water partition coefficient (Wildman–Crippen LogP) is 3.10. The highest BCUT2D eigenvalue weighted by atomic mass is 35.5. The highest BCUT2D eigenvalue weighted by Crippen LogP contribution is 2.49. The molecule has 4 rings (SSSR count). The van der Waals surface area contributed by atoms with Crippen molar-refractivity contribution in [2.45, 2.75) is 45.6 Å². The Hall–Kier alpha value is -2.74. The van der Waals surface area contributed by atoms with Gasteiger partial charge in [0.15, 0.2) is 17.3 Å². The number of Topliss-reactive ketones (excluding diaryl/α,β-unsaturated/α-hetero) is 1. The summed E-state index contributed by atoms with van der Waals surface area (Å²) < 4.78 is 11.0. The van der Waals surface area contributed by atoms with Crippen LogP contribution in [0, 0.1) is 5.41 Å². The number of primary amides is 1. The summed E-state index contributed by atoms with van der Waals surface area (Å²) in [6.07, 6.45) is 2.60. The van der Waals surface area contributed by atoms with Crippen molar-refractivity contribution in [3.8, 4) is 11.5 Å². The van der Waals surface area contributed by atoms with Crippen molar-refractivity contribution >= 4 is 29.9 Å². The lowest BCUT2D eigenvalue weighted by Crippen LogP contribution is -2.46. The van der Waals surface area contributed by atoms with Gasteiger partial charge in [-0.15, -0.1) is 12.4 Å². The molecule has 0 bridgehead atoms. The number of urea groups is 1. The maximum absolute atomic E-state index is 13.1. The Kier molecular flexibility index (Phi) is 6.23. The van der Waals surface area contributed by atoms with E-state index in [9.17, 15) is 9.59 Å². The first kappa shape index (κ1) is 22.9. The number of methoxy groups -OCH3 is 2. The summed E-state index contributed by atoms with van der Waals surface area (Å²) in [5.74, 6) is 1.45. The number of rotatable bonds is 3. The van der Waals surface area contributed by atoms with Crippen LogP contribution in [-0.4, -0.2) is 43.2 Å². The minimum absolute atomic E-state index is 0. The number of nitrogens with two attached hydrogens (primary N) is 1. The molecule has 2 amide bonds. The molecular formula is C22H29ClN4O4. The van der Waals surface area contributed by atoms with E-state index in [2.05, 4.69) is 29.3 Å². The minimum Gasteiger partial charge on any atom is -0.493 e. The standard InChI is InChI=1S/C22H28N4O4.ClH/c1-22(2)10-16-20(17(27)11-22)14(24-25-21(23)28)9-15-13-8-19(30-4)18(29-3)7-12(13)5-6-26(15)16;/h7-8,15H,5-6,9-11H2,1-4H3,(H3,23,25,28);1H. The molecule has 0 fully saturated rings. The molecule has 2 heterocycles. The number of halogens is 1. The molecule has 0 saturated heterocycles. The van der Waals surface area contributed by atoms with Gasteiger partial charge in [-0.05, 0) is 41.5 Å². The van der Waals surface area contributed by atoms with Gasteiger partial charge >= 0.3 is 6.03 Å². The molecule has 1 atom stereocenters. The van der Waals surface area contributed by atoms with Crippen LogP contribution in [0.3, 0.4) is 0 Å². The van der Waals surface area contributed by atoms with E-state index in [1.807, 2.05) is 12.1 Å². The molecule has 0 spiro atoms. The van der Waals surface area contributed by atoms with Gasteiger partial charge in [-0.2, -0.15) is 5.10 Å². The Morgan fingerprint density at radius 2 is 1.90 bits per heavy atom. The lowest BCUT2D eigenvalue weighted by Gasteiger charge is -2.48. The van der Waals surface area contributed by atoms with E-state index < -0.39 is 6.03 Å². The van der Waals surface area contributed by atoms with Crippen LogP contribution >= 0.6 is 12.4 Å². The van der Waals surface area contributed by atoms with Crippen LogP contribution in [0.2, 0.25) is 0 Å². The van der Waals surface area contributed by atoms with E-state index in [0.717, 1.165) is 30.6 Å². The van der Waals surface area contributed by atoms with E-state index in [0.29, 0.717) is 35.6 Å². The topological polar surface area (TPSA) is 106 Å². The highest BCUT2D eigenvalue weighted by molar-refractivity contribution is 6.24. The predicted molar refractivity (Wildman–Crippen MR) is 120 cm³/mol. The second-order valence-corrected chi connectivity index (χ2v) is 8.87. The number of hydrazone groups is 1. The van der Waals surface area contributed by atoms with Crippen molar-refractivity contribution < 1.29 is 19.1 Å². The van der Waals surface area contributed by atoms with Crippen LogP contribution in [0.15, 0.2) is 28.5 Å². The molecule has 0 radical (unpaired) electrons. The van der Waals surface area contributed by atoms with Crippen molar-refractivity contribution in [2.24, 2.45) is 16.3 Å². The fraction of sp³-hybridized carbons (Fsp3) is 0.500. The normalized spacial score (nSPS) is 22.7. The second kappa shape index (κ2) is 8.42. The summed E-state index contributed by atoms with van der Waals surface area (Å²) >= 11 is 0. The van der Waals surface area contributed by atoms with Crippen molar-refractivity contribution in [1.29, 1.82) is 0 Å².